The summed E-state index contributed by atoms with van der Waals surface area (Å²) in [5.74, 6) is 2.36. The van der Waals surface area contributed by atoms with Crippen LogP contribution in [0.5, 0.6) is 0 Å². The van der Waals surface area contributed by atoms with Gasteiger partial charge < -0.3 is 0 Å². The van der Waals surface area contributed by atoms with Crippen LogP contribution >= 0.6 is 0 Å². The van der Waals surface area contributed by atoms with E-state index in [0.29, 0.717) is 23.7 Å². The maximum Gasteiger partial charge on any atom is 0.0181 e. The molecule has 16 rings (SSSR count). The van der Waals surface area contributed by atoms with E-state index in [4.69, 9.17) is 0 Å². The summed E-state index contributed by atoms with van der Waals surface area (Å²) in [6.45, 7) is 0. The molecule has 9 aromatic carbocycles. The average molecular weight is 485 g/mol. The molecule has 172 valence electrons. The van der Waals surface area contributed by atoms with Gasteiger partial charge in [-0.3, -0.25) is 0 Å². The molecule has 0 saturated carbocycles. The molecule has 9 aromatic rings. The summed E-state index contributed by atoms with van der Waals surface area (Å²) in [6.07, 6.45) is 9.05. The van der Waals surface area contributed by atoms with Crippen LogP contribution in [0.4, 0.5) is 0 Å². The van der Waals surface area contributed by atoms with E-state index < -0.39 is 0 Å². The Hall–Kier alpha value is -4.16. The first-order valence-electron chi connectivity index (χ1n) is 15.1. The first kappa shape index (κ1) is 16.1. The van der Waals surface area contributed by atoms with Crippen molar-refractivity contribution in [3.63, 3.8) is 0 Å². The Morgan fingerprint density at radius 3 is 1.97 bits per heavy atom. The molecular formula is C39H16. The Kier molecular flexibility index (Phi) is 1.67. The van der Waals surface area contributed by atoms with Crippen molar-refractivity contribution >= 4 is 97.8 Å². The van der Waals surface area contributed by atoms with E-state index in [1.165, 1.54) is 23.6 Å². The molecule has 7 aliphatic carbocycles. The quantitative estimate of drug-likeness (QED) is 0.190. The molecule has 0 aromatic heterocycles. The Labute approximate surface area is 220 Å². The van der Waals surface area contributed by atoms with Gasteiger partial charge in [0, 0.05) is 11.8 Å². The fourth-order valence-corrected chi connectivity index (χ4v) is 13.0. The van der Waals surface area contributed by atoms with Crippen LogP contribution in [0.15, 0.2) is 30.3 Å². The third-order valence-electron chi connectivity index (χ3n) is 13.6. The molecule has 0 nitrogen and oxygen atoms in total. The first-order chi connectivity index (χ1) is 19.3. The lowest BCUT2D eigenvalue weighted by atomic mass is 9.69. The number of rotatable bonds is 0. The van der Waals surface area contributed by atoms with Gasteiger partial charge >= 0.3 is 0 Å². The van der Waals surface area contributed by atoms with Crippen molar-refractivity contribution < 1.29 is 0 Å². The van der Waals surface area contributed by atoms with Gasteiger partial charge in [-0.15, -0.1) is 0 Å². The third kappa shape index (κ3) is 1.11. The molecule has 0 amide bonds. The first-order valence-corrected chi connectivity index (χ1v) is 15.1. The van der Waals surface area contributed by atoms with E-state index in [-0.39, 0.29) is 0 Å². The highest BCUT2D eigenvalue weighted by atomic mass is 14.5. The minimum absolute atomic E-state index is 0.563. The van der Waals surface area contributed by atoms with Crippen LogP contribution in [-0.2, 0) is 19.3 Å². The van der Waals surface area contributed by atoms with Crippen molar-refractivity contribution in [3.8, 4) is 0 Å². The lowest BCUT2D eigenvalue weighted by Gasteiger charge is -2.34. The summed E-state index contributed by atoms with van der Waals surface area (Å²) in [7, 11) is 0. The second-order valence-electron chi connectivity index (χ2n) is 14.5. The zero-order chi connectivity index (χ0) is 23.7. The molecule has 0 saturated heterocycles. The summed E-state index contributed by atoms with van der Waals surface area (Å²) in [6, 6.07) is 10.5. The Morgan fingerprint density at radius 2 is 1.05 bits per heavy atom. The van der Waals surface area contributed by atoms with Gasteiger partial charge in [-0.05, 0) is 185 Å². The highest BCUT2D eigenvalue weighted by Crippen LogP contribution is 2.71. The van der Waals surface area contributed by atoms with Crippen molar-refractivity contribution in [1.82, 2.24) is 0 Å². The van der Waals surface area contributed by atoms with Crippen LogP contribution in [0.3, 0.4) is 0 Å². The Balaban J connectivity index is 1.47. The average Bonchev–Trinajstić information content (AvgIpc) is 3.74. The predicted molar refractivity (Wildman–Crippen MR) is 161 cm³/mol. The number of allylic oxidation sites excluding steroid dienone is 2. The molecule has 0 aliphatic heterocycles. The van der Waals surface area contributed by atoms with Gasteiger partial charge in [0.2, 0.25) is 0 Å². The van der Waals surface area contributed by atoms with E-state index in [9.17, 15) is 0 Å². The van der Waals surface area contributed by atoms with Crippen LogP contribution in [0.2, 0.25) is 0 Å². The molecule has 0 bridgehead atoms. The van der Waals surface area contributed by atoms with Gasteiger partial charge in [0.25, 0.3) is 0 Å². The van der Waals surface area contributed by atoms with E-state index in [2.05, 4.69) is 36.4 Å². The van der Waals surface area contributed by atoms with Crippen LogP contribution in [-0.4, -0.2) is 0 Å². The SMILES string of the molecule is C1=C2Cc3cc4c5c6c7c8c9c(c2c3c58)C2c3c5c(cc8cc%10cc%11c(c%12c%10c(c85)c(c39)c%127)C6C(C=%11)C4)CC12. The number of hydrogen-bond donors (Lipinski definition) is 0. The van der Waals surface area contributed by atoms with Crippen LogP contribution in [0.25, 0.3) is 97.8 Å². The van der Waals surface area contributed by atoms with Crippen LogP contribution in [0.1, 0.15) is 56.3 Å². The van der Waals surface area contributed by atoms with E-state index in [0.717, 1.165) is 6.42 Å². The topological polar surface area (TPSA) is 0 Å². The summed E-state index contributed by atoms with van der Waals surface area (Å²) >= 11 is 0. The Morgan fingerprint density at radius 1 is 0.436 bits per heavy atom. The molecule has 39 heavy (non-hydrogen) atoms. The molecule has 4 atom stereocenters. The van der Waals surface area contributed by atoms with Crippen LogP contribution in [0, 0.1) is 11.8 Å². The fraction of sp³-hybridized carbons (Fsp3) is 0.179. The van der Waals surface area contributed by atoms with Crippen molar-refractivity contribution in [1.29, 1.82) is 0 Å². The van der Waals surface area contributed by atoms with Crippen molar-refractivity contribution in [2.24, 2.45) is 11.8 Å². The van der Waals surface area contributed by atoms with Gasteiger partial charge in [0.1, 0.15) is 0 Å². The maximum absolute atomic E-state index is 2.77. The number of hydrogen-bond acceptors (Lipinski definition) is 0. The monoisotopic (exact) mass is 484 g/mol. The molecule has 0 fully saturated rings. The molecule has 0 heterocycles. The van der Waals surface area contributed by atoms with Gasteiger partial charge in [-0.1, -0.05) is 24.3 Å². The summed E-state index contributed by atoms with van der Waals surface area (Å²) in [5.41, 5.74) is 15.3. The molecule has 0 spiro atoms. The molecule has 0 heteroatoms. The molecular weight excluding hydrogens is 468 g/mol. The normalized spacial score (nSPS) is 27.0. The van der Waals surface area contributed by atoms with E-state index in [1.807, 2.05) is 0 Å². The number of benzene rings is 6. The van der Waals surface area contributed by atoms with Gasteiger partial charge in [0.05, 0.1) is 0 Å². The highest BCUT2D eigenvalue weighted by molar-refractivity contribution is 6.55. The fourth-order valence-electron chi connectivity index (χ4n) is 13.0. The van der Waals surface area contributed by atoms with E-state index in [1.54, 1.807) is 131 Å². The van der Waals surface area contributed by atoms with E-state index >= 15 is 0 Å². The smallest absolute Gasteiger partial charge is 0.0181 e. The predicted octanol–water partition coefficient (Wildman–Crippen LogP) is 8.36. The maximum atomic E-state index is 2.77. The summed E-state index contributed by atoms with van der Waals surface area (Å²) < 4.78 is 0. The zero-order valence-corrected chi connectivity index (χ0v) is 20.9. The zero-order valence-electron chi connectivity index (χ0n) is 20.9. The molecule has 4 unspecified atom stereocenters. The molecule has 7 aliphatic rings. The molecule has 0 radical (unpaired) electrons. The van der Waals surface area contributed by atoms with Crippen LogP contribution < -0.4 is 5.22 Å². The lowest BCUT2D eigenvalue weighted by molar-refractivity contribution is 0.563. The van der Waals surface area contributed by atoms with Gasteiger partial charge in [-0.2, -0.15) is 0 Å². The third-order valence-corrected chi connectivity index (χ3v) is 13.6. The Bertz CT molecular complexity index is 3010. The lowest BCUT2D eigenvalue weighted by Crippen LogP contribution is -2.21. The van der Waals surface area contributed by atoms with Gasteiger partial charge in [0.15, 0.2) is 0 Å². The van der Waals surface area contributed by atoms with Crippen molar-refractivity contribution in [2.75, 3.05) is 0 Å². The molecule has 0 N–H and O–H groups in total. The van der Waals surface area contributed by atoms with Gasteiger partial charge in [-0.25, -0.2) is 0 Å². The summed E-state index contributed by atoms with van der Waals surface area (Å²) in [4.78, 5) is 0. The minimum Gasteiger partial charge on any atom is -0.0760 e. The largest absolute Gasteiger partial charge is 0.0760 e. The second-order valence-corrected chi connectivity index (χ2v) is 14.5. The summed E-state index contributed by atoms with van der Waals surface area (Å²) in [5, 5.41) is 28.0. The van der Waals surface area contributed by atoms with Crippen molar-refractivity contribution in [3.05, 3.63) is 80.1 Å². The highest BCUT2D eigenvalue weighted by Gasteiger charge is 2.51. The van der Waals surface area contributed by atoms with Crippen molar-refractivity contribution in [2.45, 2.75) is 31.1 Å². The standard InChI is InChI=1S/C39H16/c1-10-4-16-6-12-2-14-8-18-9-15-3-13-7-17-5-11(1)20-19(10)28-25(16)30-21(12)23(14)32-27(18)33-24(15)22(13)31-26(17)29(20)35-34(28)36(30)38(32)39(33)37(31)35/h1-2,4,6-7,9,11,18,20,27H,3,5,8H2. The minimum atomic E-state index is 0.563. The second kappa shape index (κ2) is 4.06.